The van der Waals surface area contributed by atoms with E-state index in [1.807, 2.05) is 72.3 Å². The van der Waals surface area contributed by atoms with Crippen LogP contribution in [0.4, 0.5) is 4.79 Å². The highest BCUT2D eigenvalue weighted by Gasteiger charge is 2.37. The van der Waals surface area contributed by atoms with Crippen LogP contribution < -0.4 is 16.4 Å². The van der Waals surface area contributed by atoms with Crippen LogP contribution in [0.2, 0.25) is 0 Å². The molecule has 4 amide bonds. The molecule has 0 saturated carbocycles. The highest BCUT2D eigenvalue weighted by atomic mass is 79.9. The molecule has 7 N–H and O–H groups in total. The Kier molecular flexibility index (Phi) is 15.6. The number of ether oxygens (including phenoxy) is 1. The number of benzene rings is 4. The Morgan fingerprint density at radius 3 is 2.20 bits per heavy atom. The lowest BCUT2D eigenvalue weighted by Gasteiger charge is -2.37. The topological polar surface area (TPSA) is 232 Å². The summed E-state index contributed by atoms with van der Waals surface area (Å²) in [5.41, 5.74) is 14.9. The average molecular weight is 1000 g/mol. The monoisotopic (exact) mass is 1000 g/mol. The van der Waals surface area contributed by atoms with Crippen LogP contribution >= 0.6 is 15.9 Å². The van der Waals surface area contributed by atoms with E-state index in [0.29, 0.717) is 57.1 Å². The van der Waals surface area contributed by atoms with Crippen molar-refractivity contribution in [2.45, 2.75) is 89.0 Å². The molecule has 360 valence electrons. The number of esters is 1. The minimum Gasteiger partial charge on any atom is -0.480 e. The van der Waals surface area contributed by atoms with E-state index in [2.05, 4.69) is 74.8 Å². The first kappa shape index (κ1) is 48.7. The maximum atomic E-state index is 12.9. The molecular weight excluding hydrogens is 945 g/mol. The number of hydrogen-bond acceptors (Lipinski definition) is 10. The van der Waals surface area contributed by atoms with Crippen LogP contribution in [0.5, 0.6) is 0 Å². The van der Waals surface area contributed by atoms with Crippen molar-refractivity contribution in [3.8, 4) is 0 Å². The largest absolute Gasteiger partial charge is 0.480 e. The van der Waals surface area contributed by atoms with E-state index in [4.69, 9.17) is 5.73 Å². The lowest BCUT2D eigenvalue weighted by molar-refractivity contribution is -0.489. The molecule has 17 nitrogen and oxygen atoms in total. The van der Waals surface area contributed by atoms with Crippen LogP contribution in [-0.2, 0) is 56.1 Å². The van der Waals surface area contributed by atoms with Crippen molar-refractivity contribution >= 4 is 73.7 Å². The second-order valence-corrected chi connectivity index (χ2v) is 18.9. The summed E-state index contributed by atoms with van der Waals surface area (Å²) in [5.74, 6) is -1.11. The van der Waals surface area contributed by atoms with Gasteiger partial charge in [0, 0.05) is 65.7 Å². The summed E-state index contributed by atoms with van der Waals surface area (Å²) in [6.45, 7) is 5.74. The van der Waals surface area contributed by atoms with Gasteiger partial charge in [0.1, 0.15) is 18.5 Å². The van der Waals surface area contributed by atoms with Crippen molar-refractivity contribution in [2.75, 3.05) is 33.3 Å². The number of fused-ring (bicyclic) bond motifs is 4. The summed E-state index contributed by atoms with van der Waals surface area (Å²) in [6, 6.07) is 22.3. The highest BCUT2D eigenvalue weighted by Crippen LogP contribution is 2.26. The molecule has 4 aromatic carbocycles. The lowest BCUT2D eigenvalue weighted by atomic mass is 9.95. The fraction of sp³-hybridized carbons (Fsp3) is 0.373. The number of nitrogens with zero attached hydrogens (tertiary/aromatic N) is 5. The minimum absolute atomic E-state index is 0.0276. The van der Waals surface area contributed by atoms with Gasteiger partial charge in [-0.25, -0.2) is 14.4 Å². The number of nitrogens with one attached hydrogen (secondary N) is 4. The van der Waals surface area contributed by atoms with E-state index < -0.39 is 30.1 Å². The second-order valence-electron chi connectivity index (χ2n) is 18.0. The zero-order valence-corrected chi connectivity index (χ0v) is 40.3. The van der Waals surface area contributed by atoms with Crippen LogP contribution in [0.1, 0.15) is 64.6 Å². The molecule has 6 heterocycles. The van der Waals surface area contributed by atoms with Crippen molar-refractivity contribution in [2.24, 2.45) is 5.73 Å². The predicted molar refractivity (Wildman–Crippen MR) is 264 cm³/mol. The molecular formula is C51H58BrN10O7+. The lowest BCUT2D eigenvalue weighted by Crippen LogP contribution is -2.53. The van der Waals surface area contributed by atoms with E-state index >= 15 is 0 Å². The molecule has 0 radical (unpaired) electrons. The number of nitrogens with two attached hydrogens (primary N) is 1. The maximum Gasteiger partial charge on any atom is 0.391 e. The minimum atomic E-state index is -1.08. The van der Waals surface area contributed by atoms with Gasteiger partial charge in [0.15, 0.2) is 12.3 Å². The van der Waals surface area contributed by atoms with E-state index in [1.165, 1.54) is 18.2 Å². The number of aryl methyl sites for hydroxylation is 1. The zero-order chi connectivity index (χ0) is 48.6. The Hall–Kier alpha value is -6.76. The Morgan fingerprint density at radius 1 is 0.870 bits per heavy atom. The molecule has 0 spiro atoms. The summed E-state index contributed by atoms with van der Waals surface area (Å²) >= 11 is 3.44. The number of aliphatic carboxylic acids is 1. The number of likely N-dealkylation sites (tertiary alicyclic amines) is 1. The molecule has 6 aromatic rings. The molecule has 69 heavy (non-hydrogen) atoms. The number of piperidine rings is 2. The third kappa shape index (κ3) is 11.8. The summed E-state index contributed by atoms with van der Waals surface area (Å²) in [4.78, 5) is 64.6. The van der Waals surface area contributed by atoms with Crippen LogP contribution in [0.3, 0.4) is 0 Å². The van der Waals surface area contributed by atoms with Crippen molar-refractivity contribution < 1.29 is 38.4 Å². The number of aromatic amines is 2. The Bertz CT molecular complexity index is 2880. The standard InChI is InChI=1S/C26H27N5O4.C14H18N2O.C11H12BrN3O2/c1-16-10-17(11-20-14-27-29-24(16)20)12-22(25(33)34)28-26(35)30-8-6-21(7-9-30)31-15-19-5-3-2-4-18(19)13-23(31)32;17-14-9-11-3-1-2-4-12(11)10-16(14)13-5-7-15-8-6-13;1-17-11(16)9(13)4-6-2-7-5-14-15-10(7)8(12)3-6/h2-5,10-11,14-15,21-22H,6-9,12-13H2,1H3,(H2-,27,28,29,33,34,35);1-4,13,15H,5-10H2;2-3,5,9H,4,13H2,1H3,(H,14,15)/p+1/t22-;;9-/m1.1/s1. The number of carbonyl (C=O) groups excluding carboxylic acids is 4. The van der Waals surface area contributed by atoms with Gasteiger partial charge in [0.2, 0.25) is 5.91 Å². The molecule has 0 unspecified atom stereocenters. The number of methoxy groups -OCH3 is 1. The number of H-pyrrole nitrogens is 2. The SMILES string of the molecule is COC(=O)[C@H](N)Cc1cc(Br)c2[nH]ncc2c1.Cc1cc(C[C@@H](NC(=O)N2CCC([N+]3=Cc4ccccc4CC3=O)CC2)C(=O)O)cc2cn[nH]c12.O=C1Cc2ccccc2CN1C1CCNCC1. The molecule has 0 aliphatic carbocycles. The van der Waals surface area contributed by atoms with E-state index in [-0.39, 0.29) is 18.4 Å². The summed E-state index contributed by atoms with van der Waals surface area (Å²) in [7, 11) is 1.33. The molecule has 2 atom stereocenters. The van der Waals surface area contributed by atoms with Crippen molar-refractivity contribution in [3.05, 3.63) is 129 Å². The van der Waals surface area contributed by atoms with E-state index in [1.54, 1.807) is 17.3 Å². The van der Waals surface area contributed by atoms with Crippen molar-refractivity contribution in [3.63, 3.8) is 0 Å². The number of halogens is 1. The first-order valence-electron chi connectivity index (χ1n) is 23.3. The Balaban J connectivity index is 0.000000157. The number of rotatable bonds is 9. The van der Waals surface area contributed by atoms with Crippen LogP contribution in [-0.4, -0.2) is 133 Å². The number of amides is 4. The maximum absolute atomic E-state index is 12.9. The molecule has 18 heteroatoms. The molecule has 4 aliphatic heterocycles. The van der Waals surface area contributed by atoms with Gasteiger partial charge in [-0.2, -0.15) is 14.8 Å². The van der Waals surface area contributed by atoms with Gasteiger partial charge < -0.3 is 36.0 Å². The van der Waals surface area contributed by atoms with Gasteiger partial charge in [-0.1, -0.05) is 48.5 Å². The van der Waals surface area contributed by atoms with Gasteiger partial charge in [-0.3, -0.25) is 19.8 Å². The number of carboxylic acids is 1. The van der Waals surface area contributed by atoms with E-state index in [0.717, 1.165) is 86.6 Å². The Labute approximate surface area is 408 Å². The number of hydrogen-bond donors (Lipinski definition) is 6. The molecule has 0 bridgehead atoms. The fourth-order valence-corrected chi connectivity index (χ4v) is 10.2. The van der Waals surface area contributed by atoms with Crippen LogP contribution in [0.25, 0.3) is 21.8 Å². The van der Waals surface area contributed by atoms with Gasteiger partial charge in [-0.15, -0.1) is 0 Å². The van der Waals surface area contributed by atoms with Crippen LogP contribution in [0.15, 0.2) is 89.7 Å². The van der Waals surface area contributed by atoms with Gasteiger partial charge >= 0.3 is 23.9 Å². The molecule has 4 aliphatic rings. The van der Waals surface area contributed by atoms with Crippen molar-refractivity contribution in [1.29, 1.82) is 0 Å². The number of aromatic nitrogens is 4. The second kappa shape index (κ2) is 22.1. The Morgan fingerprint density at radius 2 is 1.51 bits per heavy atom. The molecule has 2 fully saturated rings. The summed E-state index contributed by atoms with van der Waals surface area (Å²) in [6.07, 6.45) is 10.4. The average Bonchev–Trinajstić information content (AvgIpc) is 4.05. The predicted octanol–water partition coefficient (Wildman–Crippen LogP) is 4.95. The summed E-state index contributed by atoms with van der Waals surface area (Å²) < 4.78 is 7.31. The quantitative estimate of drug-likeness (QED) is 0.0839. The molecule has 2 saturated heterocycles. The normalized spacial score (nSPS) is 17.1. The fourth-order valence-electron chi connectivity index (χ4n) is 9.61. The number of carbonyl (C=O) groups is 5. The van der Waals surface area contributed by atoms with Gasteiger partial charge in [0.05, 0.1) is 37.0 Å². The smallest absolute Gasteiger partial charge is 0.391 e. The third-order valence-electron chi connectivity index (χ3n) is 13.3. The highest BCUT2D eigenvalue weighted by molar-refractivity contribution is 9.10. The molecule has 2 aromatic heterocycles. The zero-order valence-electron chi connectivity index (χ0n) is 38.8. The van der Waals surface area contributed by atoms with Gasteiger partial charge in [0.25, 0.3) is 0 Å². The first-order chi connectivity index (χ1) is 33.3. The first-order valence-corrected chi connectivity index (χ1v) is 24.1. The molecule has 10 rings (SSSR count). The van der Waals surface area contributed by atoms with E-state index in [9.17, 15) is 29.1 Å². The van der Waals surface area contributed by atoms with Crippen molar-refractivity contribution in [1.82, 2.24) is 40.8 Å². The third-order valence-corrected chi connectivity index (χ3v) is 14.0. The summed E-state index contributed by atoms with van der Waals surface area (Å²) in [5, 5.41) is 31.5. The number of carboxylic acid groups (broad SMARTS) is 1. The van der Waals surface area contributed by atoms with Gasteiger partial charge in [-0.05, 0) is 113 Å². The van der Waals surface area contributed by atoms with Crippen LogP contribution in [0, 0.1) is 6.92 Å². The number of urea groups is 1.